The second kappa shape index (κ2) is 10.2. The fraction of sp³-hybridized carbons (Fsp3) is 0.300. The molecule has 0 saturated heterocycles. The molecule has 1 aromatic carbocycles. The molecule has 0 bridgehead atoms. The number of nitrogens with one attached hydrogen (secondary N) is 2. The summed E-state index contributed by atoms with van der Waals surface area (Å²) >= 11 is 6.58. The van der Waals surface area contributed by atoms with Crippen LogP contribution in [0.4, 0.5) is 5.13 Å². The summed E-state index contributed by atoms with van der Waals surface area (Å²) in [5.74, 6) is 2.02. The third-order valence-corrected chi connectivity index (χ3v) is 5.49. The van der Waals surface area contributed by atoms with Gasteiger partial charge in [0.2, 0.25) is 11.7 Å². The lowest BCUT2D eigenvalue weighted by atomic mass is 10.1. The van der Waals surface area contributed by atoms with Crippen molar-refractivity contribution in [1.29, 1.82) is 0 Å². The number of ether oxygens (including phenoxy) is 3. The second-order valence-electron chi connectivity index (χ2n) is 6.42. The first kappa shape index (κ1) is 22.5. The number of aromatic nitrogens is 4. The molecular weight excluding hydrogens is 438 g/mol. The molecule has 0 spiro atoms. The first-order valence-corrected chi connectivity index (χ1v) is 10.6. The number of hydrogen-bond donors (Lipinski definition) is 2. The van der Waals surface area contributed by atoms with Gasteiger partial charge in [-0.25, -0.2) is 4.98 Å². The predicted molar refractivity (Wildman–Crippen MR) is 121 cm³/mol. The van der Waals surface area contributed by atoms with Gasteiger partial charge in [-0.3, -0.25) is 14.5 Å². The van der Waals surface area contributed by atoms with E-state index in [4.69, 9.17) is 26.4 Å². The molecule has 2 N–H and O–H groups in total. The van der Waals surface area contributed by atoms with Crippen LogP contribution in [-0.4, -0.2) is 47.0 Å². The van der Waals surface area contributed by atoms with Gasteiger partial charge in [-0.15, -0.1) is 17.9 Å². The summed E-state index contributed by atoms with van der Waals surface area (Å²) < 4.78 is 18.4. The molecule has 0 aliphatic heterocycles. The van der Waals surface area contributed by atoms with Gasteiger partial charge in [0.05, 0.1) is 39.9 Å². The smallest absolute Gasteiger partial charge is 0.230 e. The fourth-order valence-corrected chi connectivity index (χ4v) is 3.95. The van der Waals surface area contributed by atoms with E-state index < -0.39 is 0 Å². The van der Waals surface area contributed by atoms with Crippen LogP contribution in [0, 0.1) is 4.77 Å². The number of thiazole rings is 1. The van der Waals surface area contributed by atoms with Gasteiger partial charge >= 0.3 is 0 Å². The lowest BCUT2D eigenvalue weighted by Gasteiger charge is -2.13. The Morgan fingerprint density at radius 2 is 2.00 bits per heavy atom. The van der Waals surface area contributed by atoms with Crippen LogP contribution in [0.5, 0.6) is 17.2 Å². The molecule has 11 heteroatoms. The van der Waals surface area contributed by atoms with Crippen molar-refractivity contribution in [2.75, 3.05) is 26.6 Å². The van der Waals surface area contributed by atoms with Gasteiger partial charge in [0.25, 0.3) is 0 Å². The zero-order valence-electron chi connectivity index (χ0n) is 17.4. The molecule has 2 aromatic heterocycles. The number of allylic oxidation sites excluding steroid dienone is 1. The van der Waals surface area contributed by atoms with Crippen LogP contribution in [0.1, 0.15) is 17.1 Å². The van der Waals surface area contributed by atoms with E-state index in [1.165, 1.54) is 32.7 Å². The number of carbonyl (C=O) groups excluding carboxylic acids is 1. The van der Waals surface area contributed by atoms with Gasteiger partial charge < -0.3 is 19.5 Å². The topological polar surface area (TPSA) is 103 Å². The fourth-order valence-electron chi connectivity index (χ4n) is 3.00. The molecule has 3 aromatic rings. The number of anilines is 1. The molecule has 0 unspecified atom stereocenters. The zero-order valence-corrected chi connectivity index (χ0v) is 19.1. The Bertz CT molecular complexity index is 1110. The monoisotopic (exact) mass is 461 g/mol. The highest BCUT2D eigenvalue weighted by molar-refractivity contribution is 7.71. The molecule has 1 amide bonds. The molecule has 0 aliphatic carbocycles. The van der Waals surface area contributed by atoms with Crippen LogP contribution in [-0.2, 0) is 24.2 Å². The summed E-state index contributed by atoms with van der Waals surface area (Å²) in [5.41, 5.74) is 1.51. The van der Waals surface area contributed by atoms with Crippen LogP contribution in [0.2, 0.25) is 0 Å². The summed E-state index contributed by atoms with van der Waals surface area (Å²) in [7, 11) is 4.60. The number of aromatic amines is 1. The maximum Gasteiger partial charge on any atom is 0.230 e. The highest BCUT2D eigenvalue weighted by Crippen LogP contribution is 2.38. The highest BCUT2D eigenvalue weighted by Gasteiger charge is 2.16. The van der Waals surface area contributed by atoms with Crippen LogP contribution < -0.4 is 19.5 Å². The molecule has 3 rings (SSSR count). The van der Waals surface area contributed by atoms with Crippen molar-refractivity contribution in [2.45, 2.75) is 19.4 Å². The molecule has 0 aliphatic rings. The molecule has 0 atom stereocenters. The van der Waals surface area contributed by atoms with E-state index in [2.05, 4.69) is 27.1 Å². The molecule has 2 heterocycles. The van der Waals surface area contributed by atoms with E-state index in [0.29, 0.717) is 40.1 Å². The third-order valence-electron chi connectivity index (χ3n) is 4.38. The van der Waals surface area contributed by atoms with Crippen molar-refractivity contribution in [1.82, 2.24) is 19.7 Å². The Balaban J connectivity index is 1.68. The van der Waals surface area contributed by atoms with Crippen LogP contribution in [0.3, 0.4) is 0 Å². The first-order chi connectivity index (χ1) is 15.0. The van der Waals surface area contributed by atoms with Crippen molar-refractivity contribution in [3.05, 3.63) is 52.0 Å². The average Bonchev–Trinajstić information content (AvgIpc) is 3.34. The molecule has 9 nitrogen and oxygen atoms in total. The number of hydrogen-bond acceptors (Lipinski definition) is 8. The second-order valence-corrected chi connectivity index (χ2v) is 7.67. The Morgan fingerprint density at radius 1 is 1.29 bits per heavy atom. The zero-order chi connectivity index (χ0) is 22.4. The summed E-state index contributed by atoms with van der Waals surface area (Å²) in [5, 5.41) is 12.2. The number of H-pyrrole nitrogens is 1. The average molecular weight is 462 g/mol. The number of rotatable bonds is 10. The maximum atomic E-state index is 12.5. The quantitative estimate of drug-likeness (QED) is 0.352. The first-order valence-electron chi connectivity index (χ1n) is 9.27. The van der Waals surface area contributed by atoms with E-state index in [1.54, 1.807) is 18.2 Å². The minimum atomic E-state index is -0.204. The SMILES string of the molecule is C=CCn1c(Cc2csc(NC(=O)Cc3cc(OC)c(OC)c(OC)c3)n2)n[nH]c1=S. The van der Waals surface area contributed by atoms with Gasteiger partial charge in [-0.1, -0.05) is 6.08 Å². The minimum absolute atomic E-state index is 0.129. The van der Waals surface area contributed by atoms with E-state index in [-0.39, 0.29) is 12.3 Å². The largest absolute Gasteiger partial charge is 0.493 e. The van der Waals surface area contributed by atoms with Gasteiger partial charge in [0.1, 0.15) is 5.82 Å². The Morgan fingerprint density at radius 3 is 2.61 bits per heavy atom. The van der Waals surface area contributed by atoms with Crippen LogP contribution in [0.15, 0.2) is 30.2 Å². The third kappa shape index (κ3) is 5.30. The number of methoxy groups -OCH3 is 3. The van der Waals surface area contributed by atoms with E-state index in [9.17, 15) is 4.79 Å². The Hall–Kier alpha value is -3.18. The lowest BCUT2D eigenvalue weighted by Crippen LogP contribution is -2.14. The number of benzene rings is 1. The van der Waals surface area contributed by atoms with Crippen molar-refractivity contribution < 1.29 is 19.0 Å². The van der Waals surface area contributed by atoms with E-state index in [1.807, 2.05) is 9.95 Å². The van der Waals surface area contributed by atoms with Gasteiger partial charge in [0.15, 0.2) is 21.4 Å². The molecule has 0 fully saturated rings. The number of amides is 1. The molecule has 164 valence electrons. The van der Waals surface area contributed by atoms with Gasteiger partial charge in [-0.05, 0) is 29.9 Å². The lowest BCUT2D eigenvalue weighted by molar-refractivity contribution is -0.115. The summed E-state index contributed by atoms with van der Waals surface area (Å²) in [6, 6.07) is 3.49. The normalized spacial score (nSPS) is 10.5. The van der Waals surface area contributed by atoms with Crippen molar-refractivity contribution >= 4 is 34.6 Å². The van der Waals surface area contributed by atoms with Crippen LogP contribution in [0.25, 0.3) is 0 Å². The molecule has 31 heavy (non-hydrogen) atoms. The summed E-state index contributed by atoms with van der Waals surface area (Å²) in [6.45, 7) is 4.30. The summed E-state index contributed by atoms with van der Waals surface area (Å²) in [4.78, 5) is 17.0. The van der Waals surface area contributed by atoms with E-state index in [0.717, 1.165) is 17.1 Å². The predicted octanol–water partition coefficient (Wildman–Crippen LogP) is 3.38. The molecule has 0 saturated carbocycles. The highest BCUT2D eigenvalue weighted by atomic mass is 32.1. The van der Waals surface area contributed by atoms with Gasteiger partial charge in [-0.2, -0.15) is 5.10 Å². The Kier molecular flexibility index (Phi) is 7.42. The summed E-state index contributed by atoms with van der Waals surface area (Å²) in [6.07, 6.45) is 2.37. The molecular formula is C20H23N5O4S2. The standard InChI is InChI=1S/C20H23N5O4S2/c1-5-6-25-16(23-24-20(25)30)10-13-11-31-19(21-13)22-17(26)9-12-7-14(27-2)18(29-4)15(8-12)28-3/h5,7-8,11H,1,6,9-10H2,2-4H3,(H,24,30)(H,21,22,26). The Labute approximate surface area is 188 Å². The van der Waals surface area contributed by atoms with Crippen molar-refractivity contribution in [2.24, 2.45) is 0 Å². The molecule has 0 radical (unpaired) electrons. The minimum Gasteiger partial charge on any atom is -0.493 e. The number of carbonyl (C=O) groups is 1. The maximum absolute atomic E-state index is 12.5. The van der Waals surface area contributed by atoms with Gasteiger partial charge in [0, 0.05) is 11.9 Å². The van der Waals surface area contributed by atoms with Crippen LogP contribution >= 0.6 is 23.6 Å². The number of nitrogens with zero attached hydrogens (tertiary/aromatic N) is 3. The van der Waals surface area contributed by atoms with E-state index >= 15 is 0 Å². The van der Waals surface area contributed by atoms with Crippen molar-refractivity contribution in [3.8, 4) is 17.2 Å². The van der Waals surface area contributed by atoms with Crippen molar-refractivity contribution in [3.63, 3.8) is 0 Å².